The van der Waals surface area contributed by atoms with Gasteiger partial charge in [-0.1, -0.05) is 48.0 Å². The van der Waals surface area contributed by atoms with Crippen LogP contribution in [0.15, 0.2) is 48.5 Å². The number of ether oxygens (including phenoxy) is 1. The van der Waals surface area contributed by atoms with Gasteiger partial charge < -0.3 is 10.1 Å². The molecule has 2 unspecified atom stereocenters. The molecule has 2 aromatic rings. The first-order valence-electron chi connectivity index (χ1n) is 6.99. The molecule has 0 aliphatic heterocycles. The summed E-state index contributed by atoms with van der Waals surface area (Å²) >= 11 is 6.04. The molecule has 1 N–H and O–H groups in total. The summed E-state index contributed by atoms with van der Waals surface area (Å²) in [6, 6.07) is 16.3. The maximum absolute atomic E-state index is 12.4. The Kier molecular flexibility index (Phi) is 3.67. The van der Waals surface area contributed by atoms with Crippen molar-refractivity contribution in [1.29, 1.82) is 10.7 Å². The third kappa shape index (κ3) is 2.05. The summed E-state index contributed by atoms with van der Waals surface area (Å²) in [6.45, 7) is 0. The van der Waals surface area contributed by atoms with Crippen LogP contribution in [-0.4, -0.2) is 18.8 Å². The standard InChI is InChI=1S/C18H13ClN2O2/c1-23-17(22)15-16(21)13-9-12(19)7-8-14(13)18(15,10-20)11-5-3-2-4-6-11/h2-9,15,21H,1H3. The number of carbonyl (C=O) groups is 1. The molecule has 2 atom stereocenters. The van der Waals surface area contributed by atoms with Gasteiger partial charge in [0.15, 0.2) is 0 Å². The molecule has 4 nitrogen and oxygen atoms in total. The summed E-state index contributed by atoms with van der Waals surface area (Å²) < 4.78 is 4.88. The number of fused-ring (bicyclic) bond motifs is 1. The Balaban J connectivity index is 2.37. The molecule has 1 aliphatic rings. The molecule has 3 rings (SSSR count). The highest BCUT2D eigenvalue weighted by molar-refractivity contribution is 6.31. The second-order valence-corrected chi connectivity index (χ2v) is 5.78. The third-order valence-corrected chi connectivity index (χ3v) is 4.50. The maximum Gasteiger partial charge on any atom is 0.317 e. The molecule has 114 valence electrons. The number of rotatable bonds is 2. The monoisotopic (exact) mass is 324 g/mol. The van der Waals surface area contributed by atoms with E-state index in [1.807, 2.05) is 6.07 Å². The fourth-order valence-corrected chi connectivity index (χ4v) is 3.41. The van der Waals surface area contributed by atoms with Gasteiger partial charge in [-0.3, -0.25) is 4.79 Å². The van der Waals surface area contributed by atoms with Gasteiger partial charge in [0.25, 0.3) is 0 Å². The SMILES string of the molecule is COC(=O)C1C(=N)c2cc(Cl)ccc2C1(C#N)c1ccccc1. The van der Waals surface area contributed by atoms with Gasteiger partial charge in [0.1, 0.15) is 11.3 Å². The smallest absolute Gasteiger partial charge is 0.317 e. The molecule has 1 aliphatic carbocycles. The lowest BCUT2D eigenvalue weighted by Crippen LogP contribution is -2.39. The second kappa shape index (κ2) is 5.53. The van der Waals surface area contributed by atoms with Crippen LogP contribution >= 0.6 is 11.6 Å². The highest BCUT2D eigenvalue weighted by atomic mass is 35.5. The van der Waals surface area contributed by atoms with Crippen LogP contribution in [0.1, 0.15) is 16.7 Å². The van der Waals surface area contributed by atoms with E-state index in [4.69, 9.17) is 21.7 Å². The van der Waals surface area contributed by atoms with Crippen LogP contribution in [0.4, 0.5) is 0 Å². The summed E-state index contributed by atoms with van der Waals surface area (Å²) in [7, 11) is 1.26. The van der Waals surface area contributed by atoms with Crippen LogP contribution in [0.25, 0.3) is 0 Å². The highest BCUT2D eigenvalue weighted by Crippen LogP contribution is 2.48. The number of nitriles is 1. The van der Waals surface area contributed by atoms with Crippen molar-refractivity contribution in [2.45, 2.75) is 5.41 Å². The molecular weight excluding hydrogens is 312 g/mol. The van der Waals surface area contributed by atoms with Crippen LogP contribution in [0.5, 0.6) is 0 Å². The molecular formula is C18H13ClN2O2. The van der Waals surface area contributed by atoms with Gasteiger partial charge in [-0.05, 0) is 23.3 Å². The molecule has 0 radical (unpaired) electrons. The average Bonchev–Trinajstić information content (AvgIpc) is 2.84. The van der Waals surface area contributed by atoms with Gasteiger partial charge in [0, 0.05) is 10.6 Å². The maximum atomic E-state index is 12.4. The molecule has 2 aromatic carbocycles. The number of hydrogen-bond acceptors (Lipinski definition) is 4. The number of nitrogens with zero attached hydrogens (tertiary/aromatic N) is 1. The van der Waals surface area contributed by atoms with E-state index in [1.165, 1.54) is 7.11 Å². The normalized spacial score (nSPS) is 22.3. The van der Waals surface area contributed by atoms with E-state index < -0.39 is 17.3 Å². The molecule has 0 spiro atoms. The van der Waals surface area contributed by atoms with Gasteiger partial charge in [-0.2, -0.15) is 5.26 Å². The van der Waals surface area contributed by atoms with Crippen LogP contribution in [0.3, 0.4) is 0 Å². The number of carbonyl (C=O) groups excluding carboxylic acids is 1. The van der Waals surface area contributed by atoms with Crippen molar-refractivity contribution in [1.82, 2.24) is 0 Å². The zero-order valence-corrected chi connectivity index (χ0v) is 13.1. The van der Waals surface area contributed by atoms with Gasteiger partial charge in [0.05, 0.1) is 18.9 Å². The molecule has 0 heterocycles. The quantitative estimate of drug-likeness (QED) is 0.861. The molecule has 23 heavy (non-hydrogen) atoms. The fraction of sp³-hybridized carbons (Fsp3) is 0.167. The van der Waals surface area contributed by atoms with Crippen molar-refractivity contribution in [3.05, 3.63) is 70.2 Å². The van der Waals surface area contributed by atoms with Gasteiger partial charge in [-0.25, -0.2) is 0 Å². The summed E-state index contributed by atoms with van der Waals surface area (Å²) in [5.41, 5.74) is 0.545. The lowest BCUT2D eigenvalue weighted by molar-refractivity contribution is -0.143. The second-order valence-electron chi connectivity index (χ2n) is 5.35. The number of benzene rings is 2. The molecule has 5 heteroatoms. The molecule has 0 fully saturated rings. The van der Waals surface area contributed by atoms with Gasteiger partial charge in [-0.15, -0.1) is 0 Å². The Bertz CT molecular complexity index is 842. The molecule has 0 saturated heterocycles. The van der Waals surface area contributed by atoms with Crippen molar-refractivity contribution in [3.63, 3.8) is 0 Å². The Morgan fingerprint density at radius 1 is 1.30 bits per heavy atom. The number of nitrogens with one attached hydrogen (secondary N) is 1. The van der Waals surface area contributed by atoms with E-state index in [-0.39, 0.29) is 5.71 Å². The first-order chi connectivity index (χ1) is 11.1. The predicted octanol–water partition coefficient (Wildman–Crippen LogP) is 3.32. The zero-order chi connectivity index (χ0) is 16.6. The number of esters is 1. The summed E-state index contributed by atoms with van der Waals surface area (Å²) in [5, 5.41) is 18.9. The summed E-state index contributed by atoms with van der Waals surface area (Å²) in [5.74, 6) is -1.62. The van der Waals surface area contributed by atoms with Crippen molar-refractivity contribution in [3.8, 4) is 6.07 Å². The average molecular weight is 325 g/mol. The first-order valence-corrected chi connectivity index (χ1v) is 7.37. The first kappa shape index (κ1) is 15.3. The van der Waals surface area contributed by atoms with E-state index in [2.05, 4.69) is 6.07 Å². The van der Waals surface area contributed by atoms with Crippen LogP contribution in [-0.2, 0) is 14.9 Å². The van der Waals surface area contributed by atoms with E-state index in [9.17, 15) is 10.1 Å². The van der Waals surface area contributed by atoms with Crippen LogP contribution < -0.4 is 0 Å². The Morgan fingerprint density at radius 3 is 2.61 bits per heavy atom. The van der Waals surface area contributed by atoms with Gasteiger partial charge >= 0.3 is 5.97 Å². The predicted molar refractivity (Wildman–Crippen MR) is 86.6 cm³/mol. The molecule has 0 bridgehead atoms. The van der Waals surface area contributed by atoms with Crippen molar-refractivity contribution < 1.29 is 9.53 Å². The summed E-state index contributed by atoms with van der Waals surface area (Å²) in [4.78, 5) is 12.4. The molecule has 0 amide bonds. The minimum absolute atomic E-state index is 0.0553. The van der Waals surface area contributed by atoms with Crippen molar-refractivity contribution in [2.75, 3.05) is 7.11 Å². The van der Waals surface area contributed by atoms with E-state index in [0.29, 0.717) is 21.7 Å². The lowest BCUT2D eigenvalue weighted by atomic mass is 9.70. The number of halogens is 1. The topological polar surface area (TPSA) is 73.9 Å². The highest BCUT2D eigenvalue weighted by Gasteiger charge is 2.56. The largest absolute Gasteiger partial charge is 0.468 e. The van der Waals surface area contributed by atoms with E-state index in [1.54, 1.807) is 42.5 Å². The Labute approximate surface area is 138 Å². The lowest BCUT2D eigenvalue weighted by Gasteiger charge is -2.28. The van der Waals surface area contributed by atoms with Crippen molar-refractivity contribution >= 4 is 23.3 Å². The van der Waals surface area contributed by atoms with Crippen LogP contribution in [0, 0.1) is 22.7 Å². The summed E-state index contributed by atoms with van der Waals surface area (Å²) in [6.07, 6.45) is 0. The van der Waals surface area contributed by atoms with Crippen molar-refractivity contribution in [2.24, 2.45) is 5.92 Å². The minimum Gasteiger partial charge on any atom is -0.468 e. The molecule has 0 saturated carbocycles. The molecule has 0 aromatic heterocycles. The van der Waals surface area contributed by atoms with E-state index in [0.717, 1.165) is 0 Å². The Morgan fingerprint density at radius 2 is 2.00 bits per heavy atom. The third-order valence-electron chi connectivity index (χ3n) is 4.26. The zero-order valence-electron chi connectivity index (χ0n) is 12.3. The van der Waals surface area contributed by atoms with Gasteiger partial charge in [0.2, 0.25) is 0 Å². The number of methoxy groups -OCH3 is 1. The fourth-order valence-electron chi connectivity index (χ4n) is 3.24. The minimum atomic E-state index is -1.29. The Hall–Kier alpha value is -2.64. The van der Waals surface area contributed by atoms with E-state index >= 15 is 0 Å². The van der Waals surface area contributed by atoms with Crippen LogP contribution in [0.2, 0.25) is 5.02 Å². The number of hydrogen-bond donors (Lipinski definition) is 1.